The van der Waals surface area contributed by atoms with Crippen LogP contribution in [0.25, 0.3) is 17.5 Å². The van der Waals surface area contributed by atoms with Gasteiger partial charge in [-0.05, 0) is 26.0 Å². The van der Waals surface area contributed by atoms with Crippen molar-refractivity contribution in [1.82, 2.24) is 25.3 Å². The number of H-pyrrole nitrogens is 1. The number of nitrogens with one attached hydrogen (secondary N) is 4. The summed E-state index contributed by atoms with van der Waals surface area (Å²) in [6.45, 7) is 4.90. The van der Waals surface area contributed by atoms with Crippen molar-refractivity contribution < 1.29 is 0 Å². The van der Waals surface area contributed by atoms with Gasteiger partial charge in [-0.15, -0.1) is 0 Å². The maximum atomic E-state index is 8.67. The molecular weight excluding hydrogens is 380 g/mol. The first kappa shape index (κ1) is 20.9. The Kier molecular flexibility index (Phi) is 6.34. The molecule has 1 aliphatic heterocycles. The third-order valence-electron chi connectivity index (χ3n) is 4.97. The summed E-state index contributed by atoms with van der Waals surface area (Å²) >= 11 is 0. The number of aromatic amines is 1. The second-order valence-electron chi connectivity index (χ2n) is 7.05. The molecule has 1 fully saturated rings. The molecule has 3 heterocycles. The number of piperazine rings is 1. The van der Waals surface area contributed by atoms with E-state index in [9.17, 15) is 0 Å². The van der Waals surface area contributed by atoms with Crippen LogP contribution in [-0.4, -0.2) is 56.5 Å². The first-order valence-corrected chi connectivity index (χ1v) is 9.46. The quantitative estimate of drug-likeness (QED) is 0.454. The first-order valence-electron chi connectivity index (χ1n) is 9.46. The van der Waals surface area contributed by atoms with Crippen molar-refractivity contribution in [2.45, 2.75) is 32.0 Å². The van der Waals surface area contributed by atoms with Crippen LogP contribution in [0.2, 0.25) is 0 Å². The summed E-state index contributed by atoms with van der Waals surface area (Å²) in [5, 5.41) is 27.2. The second-order valence-corrected chi connectivity index (χ2v) is 7.05. The van der Waals surface area contributed by atoms with Crippen LogP contribution >= 0.6 is 0 Å². The third-order valence-corrected chi connectivity index (χ3v) is 4.97. The molecule has 2 aromatic heterocycles. The van der Waals surface area contributed by atoms with Gasteiger partial charge in [-0.3, -0.25) is 5.41 Å². The van der Waals surface area contributed by atoms with Crippen LogP contribution < -0.4 is 16.0 Å². The molecule has 0 aromatic carbocycles. The summed E-state index contributed by atoms with van der Waals surface area (Å²) < 4.78 is 0. The Labute approximate surface area is 174 Å². The van der Waals surface area contributed by atoms with Gasteiger partial charge in [0.05, 0.1) is 23.6 Å². The number of rotatable bonds is 6. The van der Waals surface area contributed by atoms with Crippen LogP contribution in [0.1, 0.15) is 19.7 Å². The highest BCUT2D eigenvalue weighted by atomic mass is 15.3. The summed E-state index contributed by atoms with van der Waals surface area (Å²) in [5.74, 6) is 1.29. The van der Waals surface area contributed by atoms with Crippen molar-refractivity contribution >= 4 is 23.8 Å². The minimum absolute atomic E-state index is 0.0256. The van der Waals surface area contributed by atoms with E-state index < -0.39 is 0 Å². The number of aromatic nitrogens is 4. The lowest BCUT2D eigenvalue weighted by atomic mass is 9.95. The van der Waals surface area contributed by atoms with E-state index in [4.69, 9.17) is 21.8 Å². The van der Waals surface area contributed by atoms with Gasteiger partial charge in [-0.1, -0.05) is 0 Å². The normalized spacial score (nSPS) is 22.1. The first-order chi connectivity index (χ1) is 14.5. The van der Waals surface area contributed by atoms with Gasteiger partial charge < -0.3 is 26.3 Å². The zero-order chi connectivity index (χ0) is 21.7. The molecule has 0 radical (unpaired) electrons. The van der Waals surface area contributed by atoms with Crippen LogP contribution in [-0.2, 0) is 0 Å². The topological polar surface area (TPSA) is 167 Å². The Balaban J connectivity index is 1.87. The molecule has 0 bridgehead atoms. The maximum absolute atomic E-state index is 8.67. The van der Waals surface area contributed by atoms with Gasteiger partial charge in [0.2, 0.25) is 0 Å². The van der Waals surface area contributed by atoms with Crippen LogP contribution in [0.15, 0.2) is 36.4 Å². The lowest BCUT2D eigenvalue weighted by Crippen LogP contribution is -2.61. The smallest absolute Gasteiger partial charge is 0.132 e. The van der Waals surface area contributed by atoms with E-state index in [0.717, 1.165) is 17.9 Å². The molecule has 6 N–H and O–H groups in total. The molecule has 1 saturated heterocycles. The fourth-order valence-electron chi connectivity index (χ4n) is 3.46. The number of hydrogen-bond acceptors (Lipinski definition) is 9. The molecule has 30 heavy (non-hydrogen) atoms. The molecule has 10 nitrogen and oxygen atoms in total. The summed E-state index contributed by atoms with van der Waals surface area (Å²) in [6.07, 6.45) is 8.86. The molecule has 3 rings (SSSR count). The molecular formula is C20H24N10. The zero-order valence-corrected chi connectivity index (χ0v) is 16.8. The molecule has 0 spiro atoms. The molecule has 1 aliphatic rings. The van der Waals surface area contributed by atoms with Crippen molar-refractivity contribution in [1.29, 1.82) is 16.1 Å². The Bertz CT molecular complexity index is 1030. The van der Waals surface area contributed by atoms with Gasteiger partial charge in [-0.25, -0.2) is 15.0 Å². The minimum Gasteiger partial charge on any atom is -0.404 e. The Morgan fingerprint density at radius 3 is 2.87 bits per heavy atom. The van der Waals surface area contributed by atoms with Gasteiger partial charge >= 0.3 is 0 Å². The SMILES string of the molecule is CC1CN(c2cc(-c3cnc(/C=C\C(=N)C#N)[nH]3)ncn2)C(C)C(/C(C=N)=C/N)N1. The monoisotopic (exact) mass is 404 g/mol. The fourth-order valence-corrected chi connectivity index (χ4v) is 3.46. The fraction of sp³-hybridized carbons (Fsp3) is 0.300. The second kappa shape index (κ2) is 9.11. The molecule has 10 heteroatoms. The van der Waals surface area contributed by atoms with E-state index in [0.29, 0.717) is 17.2 Å². The zero-order valence-electron chi connectivity index (χ0n) is 16.8. The van der Waals surface area contributed by atoms with Crippen molar-refractivity contribution in [3.05, 3.63) is 42.3 Å². The van der Waals surface area contributed by atoms with Crippen LogP contribution in [0.5, 0.6) is 0 Å². The van der Waals surface area contributed by atoms with E-state index in [1.165, 1.54) is 24.8 Å². The summed E-state index contributed by atoms with van der Waals surface area (Å²) in [7, 11) is 0. The number of anilines is 1. The summed E-state index contributed by atoms with van der Waals surface area (Å²) in [5.41, 5.74) is 7.67. The molecule has 2 aromatic rings. The third kappa shape index (κ3) is 4.42. The van der Waals surface area contributed by atoms with Gasteiger partial charge in [-0.2, -0.15) is 5.26 Å². The Morgan fingerprint density at radius 2 is 2.17 bits per heavy atom. The van der Waals surface area contributed by atoms with Crippen LogP contribution in [0.3, 0.4) is 0 Å². The van der Waals surface area contributed by atoms with Crippen molar-refractivity contribution in [3.8, 4) is 17.5 Å². The number of nitrogens with two attached hydrogens (primary N) is 1. The summed E-state index contributed by atoms with van der Waals surface area (Å²) in [4.78, 5) is 18.4. The van der Waals surface area contributed by atoms with Gasteiger partial charge in [0.1, 0.15) is 29.8 Å². The molecule has 3 atom stereocenters. The Morgan fingerprint density at radius 1 is 1.37 bits per heavy atom. The van der Waals surface area contributed by atoms with Crippen LogP contribution in [0, 0.1) is 22.1 Å². The lowest BCUT2D eigenvalue weighted by molar-refractivity contribution is 0.363. The van der Waals surface area contributed by atoms with E-state index in [2.05, 4.69) is 44.0 Å². The predicted octanol–water partition coefficient (Wildman–Crippen LogP) is 1.47. The predicted molar refractivity (Wildman–Crippen MR) is 116 cm³/mol. The van der Waals surface area contributed by atoms with Crippen molar-refractivity contribution in [3.63, 3.8) is 0 Å². The molecule has 3 unspecified atom stereocenters. The highest BCUT2D eigenvalue weighted by molar-refractivity contribution is 6.06. The van der Waals surface area contributed by atoms with Gasteiger partial charge in [0.25, 0.3) is 0 Å². The largest absolute Gasteiger partial charge is 0.404 e. The standard InChI is InChI=1S/C20H24N10/c1-12-10-30(13(2)20(28-12)14(6-21)7-22)19-5-16(26-11-27-19)17-9-25-18(29-17)4-3-15(24)8-23/h3-7,9,11-13,20-21,24,28H,10,22H2,1-2H3,(H,25,29)/b4-3-,14-7+,21-6?,24-15?. The summed E-state index contributed by atoms with van der Waals surface area (Å²) in [6, 6.07) is 3.75. The highest BCUT2D eigenvalue weighted by Gasteiger charge is 2.33. The van der Waals surface area contributed by atoms with E-state index in [-0.39, 0.29) is 23.8 Å². The average Bonchev–Trinajstić information content (AvgIpc) is 3.24. The van der Waals surface area contributed by atoms with E-state index in [1.807, 2.05) is 6.07 Å². The molecule has 0 saturated carbocycles. The number of hydrogen-bond donors (Lipinski definition) is 5. The molecule has 0 aliphatic carbocycles. The average molecular weight is 404 g/mol. The lowest BCUT2D eigenvalue weighted by Gasteiger charge is -2.44. The highest BCUT2D eigenvalue weighted by Crippen LogP contribution is 2.25. The van der Waals surface area contributed by atoms with E-state index >= 15 is 0 Å². The van der Waals surface area contributed by atoms with Crippen LogP contribution in [0.4, 0.5) is 5.82 Å². The number of allylic oxidation sites excluding steroid dienone is 1. The van der Waals surface area contributed by atoms with Crippen molar-refractivity contribution in [2.75, 3.05) is 11.4 Å². The maximum Gasteiger partial charge on any atom is 0.132 e. The minimum atomic E-state index is -0.149. The number of imidazole rings is 1. The Hall–Kier alpha value is -3.84. The molecule has 154 valence electrons. The number of nitriles is 1. The van der Waals surface area contributed by atoms with Gasteiger partial charge in [0.15, 0.2) is 0 Å². The van der Waals surface area contributed by atoms with E-state index in [1.54, 1.807) is 18.3 Å². The van der Waals surface area contributed by atoms with Crippen molar-refractivity contribution in [2.24, 2.45) is 5.73 Å². The van der Waals surface area contributed by atoms with Gasteiger partial charge in [0, 0.05) is 42.7 Å². The number of nitrogens with zero attached hydrogens (tertiary/aromatic N) is 5. The molecule has 0 amide bonds.